The average Bonchev–Trinajstić information content (AvgIpc) is 3.04. The van der Waals surface area contributed by atoms with Gasteiger partial charge in [-0.25, -0.2) is 13.1 Å². The van der Waals surface area contributed by atoms with Crippen LogP contribution < -0.4 is 4.72 Å². The van der Waals surface area contributed by atoms with Crippen molar-refractivity contribution in [3.05, 3.63) is 66.0 Å². The van der Waals surface area contributed by atoms with Crippen molar-refractivity contribution >= 4 is 10.0 Å². The van der Waals surface area contributed by atoms with Crippen LogP contribution in [-0.2, 0) is 16.6 Å². The molecule has 0 amide bonds. The highest BCUT2D eigenvalue weighted by atomic mass is 32.2. The summed E-state index contributed by atoms with van der Waals surface area (Å²) in [5.41, 5.74) is 1.92. The second-order valence-corrected chi connectivity index (χ2v) is 6.79. The van der Waals surface area contributed by atoms with Gasteiger partial charge < -0.3 is 4.52 Å². The molecule has 1 heterocycles. The fraction of sp³-hybridized carbons (Fsp3) is 0.125. The molecule has 2 aromatic carbocycles. The Bertz CT molecular complexity index is 888. The first-order valence-corrected chi connectivity index (χ1v) is 8.47. The van der Waals surface area contributed by atoms with E-state index < -0.39 is 10.0 Å². The van der Waals surface area contributed by atoms with Crippen LogP contribution in [0.5, 0.6) is 0 Å². The van der Waals surface area contributed by atoms with Gasteiger partial charge in [0.05, 0.1) is 11.4 Å². The summed E-state index contributed by atoms with van der Waals surface area (Å²) in [6.45, 7) is 1.95. The van der Waals surface area contributed by atoms with Crippen molar-refractivity contribution in [2.24, 2.45) is 0 Å². The van der Waals surface area contributed by atoms with E-state index in [4.69, 9.17) is 4.52 Å². The Morgan fingerprint density at radius 3 is 2.43 bits per heavy atom. The van der Waals surface area contributed by atoms with Crippen LogP contribution in [0.1, 0.15) is 11.4 Å². The van der Waals surface area contributed by atoms with Crippen LogP contribution in [0.2, 0.25) is 0 Å². The quantitative estimate of drug-likeness (QED) is 0.777. The molecule has 0 aliphatic rings. The lowest BCUT2D eigenvalue weighted by atomic mass is 10.1. The van der Waals surface area contributed by atoms with E-state index in [9.17, 15) is 8.42 Å². The predicted octanol–water partition coefficient (Wildman–Crippen LogP) is 2.52. The number of hydrogen-bond donors (Lipinski definition) is 1. The summed E-state index contributed by atoms with van der Waals surface area (Å²) >= 11 is 0. The first kappa shape index (κ1) is 15.4. The first-order chi connectivity index (χ1) is 11.0. The van der Waals surface area contributed by atoms with E-state index in [2.05, 4.69) is 14.9 Å². The van der Waals surface area contributed by atoms with E-state index in [-0.39, 0.29) is 17.3 Å². The lowest BCUT2D eigenvalue weighted by Crippen LogP contribution is -2.23. The number of nitrogens with zero attached hydrogens (tertiary/aromatic N) is 2. The van der Waals surface area contributed by atoms with Crippen LogP contribution >= 0.6 is 0 Å². The molecule has 0 spiro atoms. The van der Waals surface area contributed by atoms with Crippen LogP contribution in [0, 0.1) is 6.92 Å². The highest BCUT2D eigenvalue weighted by molar-refractivity contribution is 7.89. The van der Waals surface area contributed by atoms with Crippen molar-refractivity contribution in [1.82, 2.24) is 14.9 Å². The fourth-order valence-electron chi connectivity index (χ4n) is 1.98. The molecule has 0 fully saturated rings. The highest BCUT2D eigenvalue weighted by Gasteiger charge is 2.15. The van der Waals surface area contributed by atoms with Gasteiger partial charge in [-0.2, -0.15) is 4.98 Å². The summed E-state index contributed by atoms with van der Waals surface area (Å²) in [5, 5.41) is 3.80. The molecule has 0 radical (unpaired) electrons. The third-order valence-corrected chi connectivity index (χ3v) is 4.66. The SMILES string of the molecule is Cc1ccc(-c2nc(CNS(=O)(=O)c3ccccc3)no2)cc1. The molecule has 1 N–H and O–H groups in total. The zero-order chi connectivity index (χ0) is 16.3. The van der Waals surface area contributed by atoms with Crippen molar-refractivity contribution < 1.29 is 12.9 Å². The summed E-state index contributed by atoms with van der Waals surface area (Å²) in [5.74, 6) is 0.638. The molecule has 0 saturated carbocycles. The van der Waals surface area contributed by atoms with Crippen molar-refractivity contribution in [3.8, 4) is 11.5 Å². The Balaban J connectivity index is 1.71. The van der Waals surface area contributed by atoms with Gasteiger partial charge in [-0.05, 0) is 31.2 Å². The Morgan fingerprint density at radius 2 is 1.74 bits per heavy atom. The van der Waals surface area contributed by atoms with E-state index in [0.29, 0.717) is 5.89 Å². The zero-order valence-electron chi connectivity index (χ0n) is 12.4. The number of benzene rings is 2. The molecule has 6 nitrogen and oxygen atoms in total. The van der Waals surface area contributed by atoms with Gasteiger partial charge in [-0.3, -0.25) is 0 Å². The number of nitrogens with one attached hydrogen (secondary N) is 1. The van der Waals surface area contributed by atoms with Crippen LogP contribution in [0.4, 0.5) is 0 Å². The first-order valence-electron chi connectivity index (χ1n) is 6.99. The van der Waals surface area contributed by atoms with E-state index in [1.54, 1.807) is 18.2 Å². The van der Waals surface area contributed by atoms with Gasteiger partial charge in [0.2, 0.25) is 10.0 Å². The third-order valence-electron chi connectivity index (χ3n) is 3.24. The lowest BCUT2D eigenvalue weighted by molar-refractivity contribution is 0.421. The summed E-state index contributed by atoms with van der Waals surface area (Å²) in [7, 11) is -3.59. The predicted molar refractivity (Wildman–Crippen MR) is 84.9 cm³/mol. The topological polar surface area (TPSA) is 85.1 Å². The summed E-state index contributed by atoms with van der Waals surface area (Å²) < 4.78 is 31.9. The van der Waals surface area contributed by atoms with Crippen molar-refractivity contribution in [3.63, 3.8) is 0 Å². The normalized spacial score (nSPS) is 11.5. The molecule has 7 heteroatoms. The summed E-state index contributed by atoms with van der Waals surface area (Å²) in [6.07, 6.45) is 0. The maximum atomic E-state index is 12.1. The highest BCUT2D eigenvalue weighted by Crippen LogP contribution is 2.17. The van der Waals surface area contributed by atoms with Crippen molar-refractivity contribution in [2.75, 3.05) is 0 Å². The van der Waals surface area contributed by atoms with Gasteiger partial charge in [0.1, 0.15) is 0 Å². The minimum Gasteiger partial charge on any atom is -0.334 e. The van der Waals surface area contributed by atoms with Crippen LogP contribution in [0.25, 0.3) is 11.5 Å². The van der Waals surface area contributed by atoms with Crippen LogP contribution in [-0.4, -0.2) is 18.6 Å². The van der Waals surface area contributed by atoms with Crippen LogP contribution in [0.3, 0.4) is 0 Å². The molecule has 0 aliphatic carbocycles. The van der Waals surface area contributed by atoms with Gasteiger partial charge in [0.15, 0.2) is 5.82 Å². The molecular weight excluding hydrogens is 314 g/mol. The molecule has 0 unspecified atom stereocenters. The molecule has 3 rings (SSSR count). The molecule has 0 saturated heterocycles. The largest absolute Gasteiger partial charge is 0.334 e. The third kappa shape index (κ3) is 3.64. The second kappa shape index (κ2) is 6.31. The summed E-state index contributed by atoms with van der Waals surface area (Å²) in [4.78, 5) is 4.40. The number of rotatable bonds is 5. The van der Waals surface area contributed by atoms with E-state index in [1.807, 2.05) is 31.2 Å². The number of aromatic nitrogens is 2. The van der Waals surface area contributed by atoms with E-state index in [1.165, 1.54) is 12.1 Å². The second-order valence-electron chi connectivity index (χ2n) is 5.02. The molecule has 23 heavy (non-hydrogen) atoms. The van der Waals surface area contributed by atoms with E-state index in [0.717, 1.165) is 11.1 Å². The van der Waals surface area contributed by atoms with E-state index >= 15 is 0 Å². The van der Waals surface area contributed by atoms with Crippen molar-refractivity contribution in [2.45, 2.75) is 18.4 Å². The number of hydrogen-bond acceptors (Lipinski definition) is 5. The van der Waals surface area contributed by atoms with Gasteiger partial charge >= 0.3 is 0 Å². The Kier molecular flexibility index (Phi) is 4.22. The molecule has 1 aromatic heterocycles. The maximum absolute atomic E-state index is 12.1. The molecule has 3 aromatic rings. The fourth-order valence-corrected chi connectivity index (χ4v) is 2.98. The molecule has 0 atom stereocenters. The Morgan fingerprint density at radius 1 is 1.04 bits per heavy atom. The zero-order valence-corrected chi connectivity index (χ0v) is 13.2. The van der Waals surface area contributed by atoms with Gasteiger partial charge in [0.25, 0.3) is 5.89 Å². The van der Waals surface area contributed by atoms with Gasteiger partial charge in [-0.1, -0.05) is 41.1 Å². The summed E-state index contributed by atoms with van der Waals surface area (Å²) in [6, 6.07) is 15.8. The Labute approximate surface area is 134 Å². The van der Waals surface area contributed by atoms with Gasteiger partial charge in [-0.15, -0.1) is 0 Å². The standard InChI is InChI=1S/C16H15N3O3S/c1-12-7-9-13(10-8-12)16-18-15(19-22-16)11-17-23(20,21)14-5-3-2-4-6-14/h2-10,17H,11H2,1H3. The lowest BCUT2D eigenvalue weighted by Gasteiger charge is -2.03. The van der Waals surface area contributed by atoms with Crippen molar-refractivity contribution in [1.29, 1.82) is 0 Å². The molecule has 0 aliphatic heterocycles. The minimum absolute atomic E-state index is 0.0351. The average molecular weight is 329 g/mol. The number of sulfonamides is 1. The van der Waals surface area contributed by atoms with Gasteiger partial charge in [0, 0.05) is 5.56 Å². The smallest absolute Gasteiger partial charge is 0.257 e. The molecule has 0 bridgehead atoms. The monoisotopic (exact) mass is 329 g/mol. The maximum Gasteiger partial charge on any atom is 0.257 e. The minimum atomic E-state index is -3.59. The Hall–Kier alpha value is -2.51. The molecular formula is C16H15N3O3S. The number of aryl methyl sites for hydroxylation is 1. The molecule has 118 valence electrons. The van der Waals surface area contributed by atoms with Crippen LogP contribution in [0.15, 0.2) is 64.0 Å².